The molecule has 0 saturated heterocycles. The Hall–Kier alpha value is -1.78. The molecule has 0 bridgehead atoms. The van der Waals surface area contributed by atoms with Crippen LogP contribution in [0.5, 0.6) is 0 Å². The minimum Gasteiger partial charge on any atom is -0.461 e. The van der Waals surface area contributed by atoms with E-state index in [1.54, 1.807) is 24.3 Å². The lowest BCUT2D eigenvalue weighted by molar-refractivity contribution is -0.160. The lowest BCUT2D eigenvalue weighted by atomic mass is 9.89. The molecule has 1 saturated carbocycles. The number of aliphatic hydroxyl groups excluding tert-OH is 4. The van der Waals surface area contributed by atoms with Crippen LogP contribution in [-0.2, 0) is 41.8 Å². The average Bonchev–Trinajstić information content (AvgIpc) is 3.46. The fourth-order valence-electron chi connectivity index (χ4n) is 6.67. The first-order valence-corrected chi connectivity index (χ1v) is 25.0. The fourth-order valence-corrected chi connectivity index (χ4v) is 7.82. The van der Waals surface area contributed by atoms with Crippen molar-refractivity contribution in [3.8, 4) is 0 Å². The van der Waals surface area contributed by atoms with E-state index in [0.29, 0.717) is 19.3 Å². The number of hydrogen-bond donors (Lipinski definition) is 7. The Morgan fingerprint density at radius 1 is 0.683 bits per heavy atom. The van der Waals surface area contributed by atoms with E-state index < -0.39 is 84.5 Å². The van der Waals surface area contributed by atoms with Crippen LogP contribution in [0.25, 0.3) is 0 Å². The number of unbranched alkanes of at least 4 members (excludes halogenated alkanes) is 13. The van der Waals surface area contributed by atoms with Crippen LogP contribution in [0.2, 0.25) is 0 Å². The van der Waals surface area contributed by atoms with Crippen LogP contribution >= 0.6 is 15.6 Å². The van der Waals surface area contributed by atoms with Crippen molar-refractivity contribution in [2.24, 2.45) is 11.8 Å². The zero-order chi connectivity index (χ0) is 44.7. The molecule has 1 aliphatic carbocycles. The molecule has 8 atom stereocenters. The van der Waals surface area contributed by atoms with E-state index in [1.165, 1.54) is 25.7 Å². The number of allylic oxidation sites excluding steroid dienone is 3. The molecule has 0 spiro atoms. The highest BCUT2D eigenvalue weighted by molar-refractivity contribution is 7.47. The molecular formula is C42H76O16P2. The molecule has 1 fully saturated rings. The van der Waals surface area contributed by atoms with Gasteiger partial charge in [-0.25, -0.2) is 9.13 Å². The maximum Gasteiger partial charge on any atom is 0.472 e. The highest BCUT2D eigenvalue weighted by atomic mass is 31.2. The summed E-state index contributed by atoms with van der Waals surface area (Å²) in [6.07, 6.45) is 24.1. The Morgan fingerprint density at radius 2 is 1.27 bits per heavy atom. The highest BCUT2D eigenvalue weighted by Gasteiger charge is 2.39. The predicted molar refractivity (Wildman–Crippen MR) is 227 cm³/mol. The number of rotatable bonds is 37. The van der Waals surface area contributed by atoms with Crippen molar-refractivity contribution in [3.63, 3.8) is 0 Å². The number of esters is 2. The van der Waals surface area contributed by atoms with E-state index in [4.69, 9.17) is 23.8 Å². The first-order valence-electron chi connectivity index (χ1n) is 21.9. The first kappa shape index (κ1) is 56.2. The van der Waals surface area contributed by atoms with Gasteiger partial charge in [0, 0.05) is 18.8 Å². The van der Waals surface area contributed by atoms with Crippen molar-refractivity contribution in [1.82, 2.24) is 0 Å². The molecule has 16 nitrogen and oxygen atoms in total. The van der Waals surface area contributed by atoms with E-state index in [9.17, 15) is 44.0 Å². The minimum atomic E-state index is -4.90. The van der Waals surface area contributed by atoms with Crippen molar-refractivity contribution in [1.29, 1.82) is 0 Å². The summed E-state index contributed by atoms with van der Waals surface area (Å²) in [5.41, 5.74) is 0. The van der Waals surface area contributed by atoms with Crippen LogP contribution in [0.1, 0.15) is 149 Å². The van der Waals surface area contributed by atoms with Gasteiger partial charge in [-0.3, -0.25) is 23.2 Å². The van der Waals surface area contributed by atoms with Gasteiger partial charge in [0.25, 0.3) is 0 Å². The van der Waals surface area contributed by atoms with Gasteiger partial charge >= 0.3 is 27.6 Å². The summed E-state index contributed by atoms with van der Waals surface area (Å²) in [6, 6.07) is 0. The van der Waals surface area contributed by atoms with Crippen LogP contribution < -0.4 is 0 Å². The third kappa shape index (κ3) is 30.3. The fraction of sp³-hybridized carbons (Fsp3) is 0.810. The number of aliphatic hydroxyl groups is 4. The van der Waals surface area contributed by atoms with Gasteiger partial charge in [-0.1, -0.05) is 121 Å². The quantitative estimate of drug-likeness (QED) is 0.0140. The summed E-state index contributed by atoms with van der Waals surface area (Å²) < 4.78 is 47.7. The molecule has 60 heavy (non-hydrogen) atoms. The molecule has 350 valence electrons. The third-order valence-corrected chi connectivity index (χ3v) is 11.5. The van der Waals surface area contributed by atoms with Gasteiger partial charge < -0.3 is 44.6 Å². The average molecular weight is 899 g/mol. The molecule has 0 amide bonds. The molecule has 0 aromatic carbocycles. The summed E-state index contributed by atoms with van der Waals surface area (Å²) >= 11 is 0. The Kier molecular flexibility index (Phi) is 31.6. The maximum absolute atomic E-state index is 12.7. The molecule has 1 rings (SSSR count). The lowest BCUT2D eigenvalue weighted by Crippen LogP contribution is -2.29. The molecule has 0 radical (unpaired) electrons. The number of phosphoric ester groups is 2. The van der Waals surface area contributed by atoms with Gasteiger partial charge in [0.05, 0.1) is 44.6 Å². The summed E-state index contributed by atoms with van der Waals surface area (Å²) in [5, 5.41) is 41.1. The normalized spacial score (nSPS) is 21.1. The highest BCUT2D eigenvalue weighted by Crippen LogP contribution is 2.44. The molecule has 0 aromatic heterocycles. The number of hydrogen-bond acceptors (Lipinski definition) is 13. The predicted octanol–water partition coefficient (Wildman–Crippen LogP) is 7.27. The Bertz CT molecular complexity index is 1320. The summed E-state index contributed by atoms with van der Waals surface area (Å²) in [4.78, 5) is 52.9. The summed E-state index contributed by atoms with van der Waals surface area (Å²) in [6.45, 7) is 1.26. The largest absolute Gasteiger partial charge is 0.472 e. The van der Waals surface area contributed by atoms with E-state index in [1.807, 2.05) is 0 Å². The van der Waals surface area contributed by atoms with E-state index in [2.05, 4.69) is 35.0 Å². The van der Waals surface area contributed by atoms with Gasteiger partial charge in [0.2, 0.25) is 0 Å². The summed E-state index contributed by atoms with van der Waals surface area (Å²) in [7, 11) is -9.79. The van der Waals surface area contributed by atoms with Gasteiger partial charge in [-0.05, 0) is 50.9 Å². The zero-order valence-electron chi connectivity index (χ0n) is 35.9. The van der Waals surface area contributed by atoms with Crippen LogP contribution in [-0.4, -0.2) is 104 Å². The maximum atomic E-state index is 12.7. The molecule has 1 aliphatic rings. The molecule has 0 aromatic rings. The molecule has 1 unspecified atom stereocenters. The van der Waals surface area contributed by atoms with Crippen molar-refractivity contribution < 1.29 is 76.9 Å². The summed E-state index contributed by atoms with van der Waals surface area (Å²) in [5.74, 6) is -2.04. The monoisotopic (exact) mass is 898 g/mol. The Balaban J connectivity index is 2.62. The molecule has 0 heterocycles. The lowest BCUT2D eigenvalue weighted by Gasteiger charge is -2.20. The van der Waals surface area contributed by atoms with Crippen LogP contribution in [0.15, 0.2) is 36.5 Å². The molecule has 18 heteroatoms. The van der Waals surface area contributed by atoms with Crippen LogP contribution in [0, 0.1) is 11.8 Å². The van der Waals surface area contributed by atoms with Crippen LogP contribution in [0.4, 0.5) is 0 Å². The zero-order valence-corrected chi connectivity index (χ0v) is 37.7. The topological polar surface area (TPSA) is 256 Å². The molecule has 7 N–H and O–H groups in total. The SMILES string of the molecule is CCCCCC/C=C\CCCCCCCCCC(=O)O[C@H](COC(=O)C/C=C\C[C@H]1[C@@H](/C=C/[C@H](O)CCCCC)[C@H](O)C[C@@H]1O)COP(=O)(O)OC[C@@H](O)COP(=O)(O)O. The van der Waals surface area contributed by atoms with Gasteiger partial charge in [-0.2, -0.15) is 0 Å². The Labute approximate surface area is 357 Å². The second kappa shape index (κ2) is 33.7. The van der Waals surface area contributed by atoms with E-state index in [-0.39, 0.29) is 31.1 Å². The molecule has 0 aliphatic heterocycles. The number of ether oxygens (including phenoxy) is 2. The minimum absolute atomic E-state index is 0.0605. The molecular weight excluding hydrogens is 822 g/mol. The Morgan fingerprint density at radius 3 is 1.92 bits per heavy atom. The number of phosphoric acid groups is 2. The number of carbonyl (C=O) groups is 2. The number of carbonyl (C=O) groups excluding carboxylic acids is 2. The third-order valence-electron chi connectivity index (χ3n) is 10.1. The van der Waals surface area contributed by atoms with Crippen molar-refractivity contribution in [2.45, 2.75) is 179 Å². The van der Waals surface area contributed by atoms with Crippen LogP contribution in [0.3, 0.4) is 0 Å². The standard InChI is InChI=1S/C42H76O16P2/c1-3-5-7-8-9-10-11-12-13-14-15-16-17-18-20-26-42(48)58-36(33-57-60(52,53)56-31-35(44)30-55-59(49,50)51)32-54-41(47)25-22-21-24-37-38(40(46)29-39(37)45)28-27-34(43)23-19-6-4-2/h10-11,21-22,27-28,34-40,43-46H,3-9,12-20,23-26,29-33H2,1-2H3,(H,52,53)(H2,49,50,51)/b11-10-,22-21-,28-27+/t34-,35+,36-,37+,38-,39+,40-/m1/s1. The second-order valence-electron chi connectivity index (χ2n) is 15.6. The van der Waals surface area contributed by atoms with Gasteiger partial charge in [0.1, 0.15) is 12.7 Å². The van der Waals surface area contributed by atoms with E-state index in [0.717, 1.165) is 70.6 Å². The van der Waals surface area contributed by atoms with Crippen molar-refractivity contribution in [3.05, 3.63) is 36.5 Å². The van der Waals surface area contributed by atoms with Gasteiger partial charge in [0.15, 0.2) is 6.10 Å². The first-order chi connectivity index (χ1) is 28.6. The van der Waals surface area contributed by atoms with Crippen molar-refractivity contribution >= 4 is 27.6 Å². The smallest absolute Gasteiger partial charge is 0.461 e. The van der Waals surface area contributed by atoms with E-state index >= 15 is 0 Å². The van der Waals surface area contributed by atoms with Gasteiger partial charge in [-0.15, -0.1) is 0 Å². The second-order valence-corrected chi connectivity index (χ2v) is 18.3. The van der Waals surface area contributed by atoms with Crippen molar-refractivity contribution in [2.75, 3.05) is 26.4 Å².